The highest BCUT2D eigenvalue weighted by atomic mass is 19.2. The van der Waals surface area contributed by atoms with E-state index >= 15 is 0 Å². The normalized spacial score (nSPS) is 19.8. The number of aryl methyl sites for hydroxylation is 2. The van der Waals surface area contributed by atoms with Crippen molar-refractivity contribution in [3.8, 4) is 0 Å². The predicted octanol–water partition coefficient (Wildman–Crippen LogP) is 7.24. The maximum absolute atomic E-state index is 14.3. The van der Waals surface area contributed by atoms with Crippen LogP contribution in [0.4, 0.5) is 22.0 Å². The van der Waals surface area contributed by atoms with Crippen LogP contribution < -0.4 is 0 Å². The van der Waals surface area contributed by atoms with E-state index in [-0.39, 0.29) is 29.9 Å². The molecule has 152 valence electrons. The second kappa shape index (κ2) is 9.06. The number of hydrogen-bond acceptors (Lipinski definition) is 0. The zero-order valence-electron chi connectivity index (χ0n) is 16.0. The molecule has 0 amide bonds. The van der Waals surface area contributed by atoms with Gasteiger partial charge in [-0.2, -0.15) is 0 Å². The third kappa shape index (κ3) is 4.73. The summed E-state index contributed by atoms with van der Waals surface area (Å²) < 4.78 is 68.2. The zero-order valence-corrected chi connectivity index (χ0v) is 16.0. The van der Waals surface area contributed by atoms with Crippen LogP contribution in [0.15, 0.2) is 24.3 Å². The third-order valence-corrected chi connectivity index (χ3v) is 5.87. The second-order valence-corrected chi connectivity index (χ2v) is 7.86. The molecule has 1 aliphatic rings. The highest BCUT2D eigenvalue weighted by Crippen LogP contribution is 2.38. The second-order valence-electron chi connectivity index (χ2n) is 7.86. The van der Waals surface area contributed by atoms with Crippen molar-refractivity contribution in [1.29, 1.82) is 0 Å². The number of halogens is 5. The van der Waals surface area contributed by atoms with Crippen LogP contribution in [0.5, 0.6) is 0 Å². The Hall–Kier alpha value is -1.91. The highest BCUT2D eigenvalue weighted by Gasteiger charge is 2.24. The molecule has 2 aromatic rings. The molecule has 0 unspecified atom stereocenters. The summed E-state index contributed by atoms with van der Waals surface area (Å²) in [4.78, 5) is 0. The van der Waals surface area contributed by atoms with Gasteiger partial charge in [0.15, 0.2) is 29.1 Å². The highest BCUT2D eigenvalue weighted by molar-refractivity contribution is 5.31. The van der Waals surface area contributed by atoms with Crippen LogP contribution in [0.1, 0.15) is 68.1 Å². The van der Waals surface area contributed by atoms with Gasteiger partial charge in [-0.05, 0) is 85.3 Å². The van der Waals surface area contributed by atoms with E-state index in [0.717, 1.165) is 49.8 Å². The first kappa shape index (κ1) is 20.8. The Bertz CT molecular complexity index is 799. The lowest BCUT2D eigenvalue weighted by Gasteiger charge is -2.29. The average Bonchev–Trinajstić information content (AvgIpc) is 2.68. The molecule has 2 aromatic carbocycles. The Balaban J connectivity index is 1.73. The molecule has 1 saturated carbocycles. The Kier molecular flexibility index (Phi) is 6.73. The first-order valence-electron chi connectivity index (χ1n) is 10.00. The maximum Gasteiger partial charge on any atom is 0.194 e. The Morgan fingerprint density at radius 2 is 1.36 bits per heavy atom. The molecule has 0 nitrogen and oxygen atoms in total. The first-order chi connectivity index (χ1) is 13.4. The van der Waals surface area contributed by atoms with E-state index in [1.165, 1.54) is 12.5 Å². The SMILES string of the molecule is CCC[C@H]1CC[C@H](c2cc(F)c(F)c(CCc3cc(F)c(F)c(F)c3)c2)CC1. The van der Waals surface area contributed by atoms with Crippen molar-refractivity contribution in [2.45, 2.75) is 64.2 Å². The zero-order chi connectivity index (χ0) is 20.3. The Labute approximate surface area is 162 Å². The summed E-state index contributed by atoms with van der Waals surface area (Å²) in [5, 5.41) is 0. The van der Waals surface area contributed by atoms with Gasteiger partial charge in [0, 0.05) is 0 Å². The molecule has 5 heteroatoms. The van der Waals surface area contributed by atoms with Crippen molar-refractivity contribution < 1.29 is 22.0 Å². The average molecular weight is 396 g/mol. The van der Waals surface area contributed by atoms with Crippen LogP contribution in [-0.4, -0.2) is 0 Å². The van der Waals surface area contributed by atoms with Gasteiger partial charge in [-0.1, -0.05) is 25.8 Å². The summed E-state index contributed by atoms with van der Waals surface area (Å²) in [5.74, 6) is -4.97. The van der Waals surface area contributed by atoms with Gasteiger partial charge in [0.2, 0.25) is 0 Å². The molecule has 3 rings (SSSR count). The first-order valence-corrected chi connectivity index (χ1v) is 10.00. The summed E-state index contributed by atoms with van der Waals surface area (Å²) in [7, 11) is 0. The number of rotatable bonds is 6. The van der Waals surface area contributed by atoms with E-state index in [1.807, 2.05) is 0 Å². The fourth-order valence-electron chi connectivity index (χ4n) is 4.31. The largest absolute Gasteiger partial charge is 0.204 e. The van der Waals surface area contributed by atoms with Crippen molar-refractivity contribution in [1.82, 2.24) is 0 Å². The van der Waals surface area contributed by atoms with Gasteiger partial charge in [-0.25, -0.2) is 22.0 Å². The summed E-state index contributed by atoms with van der Waals surface area (Å²) in [5.41, 5.74) is 1.19. The standard InChI is InChI=1S/C23H25F5/c1-2-3-14-4-7-16(8-5-14)18-12-17(22(27)21(26)13-18)9-6-15-10-19(24)23(28)20(25)11-15/h10-14,16H,2-9H2,1H3/t14-,16-. The van der Waals surface area contributed by atoms with Gasteiger partial charge in [0.05, 0.1) is 0 Å². The fraction of sp³-hybridized carbons (Fsp3) is 0.478. The molecular formula is C23H25F5. The predicted molar refractivity (Wildman–Crippen MR) is 99.7 cm³/mol. The molecular weight excluding hydrogens is 371 g/mol. The van der Waals surface area contributed by atoms with Crippen LogP contribution in [0, 0.1) is 35.0 Å². The summed E-state index contributed by atoms with van der Waals surface area (Å²) in [6, 6.07) is 4.75. The molecule has 1 fully saturated rings. The van der Waals surface area contributed by atoms with Crippen LogP contribution in [0.25, 0.3) is 0 Å². The molecule has 1 aliphatic carbocycles. The fourth-order valence-corrected chi connectivity index (χ4v) is 4.31. The molecule has 0 heterocycles. The van der Waals surface area contributed by atoms with E-state index in [2.05, 4.69) is 6.92 Å². The van der Waals surface area contributed by atoms with Crippen LogP contribution in [0.2, 0.25) is 0 Å². The quantitative estimate of drug-likeness (QED) is 0.357. The number of hydrogen-bond donors (Lipinski definition) is 0. The molecule has 0 spiro atoms. The van der Waals surface area contributed by atoms with Crippen molar-refractivity contribution in [3.05, 3.63) is 70.0 Å². The van der Waals surface area contributed by atoms with E-state index in [1.54, 1.807) is 6.07 Å². The molecule has 28 heavy (non-hydrogen) atoms. The van der Waals surface area contributed by atoms with Crippen molar-refractivity contribution in [2.24, 2.45) is 5.92 Å². The lowest BCUT2D eigenvalue weighted by Crippen LogP contribution is -2.14. The van der Waals surface area contributed by atoms with Gasteiger partial charge < -0.3 is 0 Å². The molecule has 0 bridgehead atoms. The van der Waals surface area contributed by atoms with Gasteiger partial charge in [0.25, 0.3) is 0 Å². The monoisotopic (exact) mass is 396 g/mol. The molecule has 0 radical (unpaired) electrons. The summed E-state index contributed by atoms with van der Waals surface area (Å²) in [6.07, 6.45) is 6.67. The van der Waals surface area contributed by atoms with Gasteiger partial charge >= 0.3 is 0 Å². The maximum atomic E-state index is 14.3. The van der Waals surface area contributed by atoms with Crippen LogP contribution in [0.3, 0.4) is 0 Å². The minimum Gasteiger partial charge on any atom is -0.204 e. The molecule has 0 aromatic heterocycles. The summed E-state index contributed by atoms with van der Waals surface area (Å²) in [6.45, 7) is 2.17. The van der Waals surface area contributed by atoms with E-state index < -0.39 is 29.1 Å². The van der Waals surface area contributed by atoms with Crippen molar-refractivity contribution in [2.75, 3.05) is 0 Å². The minimum atomic E-state index is -1.53. The third-order valence-electron chi connectivity index (χ3n) is 5.87. The topological polar surface area (TPSA) is 0 Å². The minimum absolute atomic E-state index is 0.0896. The molecule has 0 aliphatic heterocycles. The Morgan fingerprint density at radius 1 is 0.750 bits per heavy atom. The molecule has 0 saturated heterocycles. The summed E-state index contributed by atoms with van der Waals surface area (Å²) >= 11 is 0. The van der Waals surface area contributed by atoms with Crippen molar-refractivity contribution in [3.63, 3.8) is 0 Å². The smallest absolute Gasteiger partial charge is 0.194 e. The van der Waals surface area contributed by atoms with Gasteiger partial charge in [-0.3, -0.25) is 0 Å². The van der Waals surface area contributed by atoms with Crippen LogP contribution >= 0.6 is 0 Å². The van der Waals surface area contributed by atoms with E-state index in [4.69, 9.17) is 0 Å². The molecule has 0 N–H and O–H groups in total. The lowest BCUT2D eigenvalue weighted by molar-refractivity contribution is 0.307. The van der Waals surface area contributed by atoms with Crippen molar-refractivity contribution >= 4 is 0 Å². The number of benzene rings is 2. The lowest BCUT2D eigenvalue weighted by atomic mass is 9.77. The van der Waals surface area contributed by atoms with Gasteiger partial charge in [-0.15, -0.1) is 0 Å². The van der Waals surface area contributed by atoms with Gasteiger partial charge in [0.1, 0.15) is 0 Å². The van der Waals surface area contributed by atoms with E-state index in [0.29, 0.717) is 5.92 Å². The molecule has 0 atom stereocenters. The Morgan fingerprint density at radius 3 is 1.96 bits per heavy atom. The van der Waals surface area contributed by atoms with E-state index in [9.17, 15) is 22.0 Å². The van der Waals surface area contributed by atoms with Crippen LogP contribution in [-0.2, 0) is 12.8 Å².